The van der Waals surface area contributed by atoms with Gasteiger partial charge in [0.2, 0.25) is 6.29 Å². The molecule has 0 aliphatic carbocycles. The van der Waals surface area contributed by atoms with Crippen LogP contribution in [-0.2, 0) is 32.8 Å². The molecule has 2 rings (SSSR count). The molecule has 3 amide bonds. The lowest BCUT2D eigenvalue weighted by molar-refractivity contribution is -0.173. The van der Waals surface area contributed by atoms with Crippen molar-refractivity contribution < 1.29 is 78.8 Å². The molecular formula is C32H44F6N3O11P. The van der Waals surface area contributed by atoms with Crippen LogP contribution in [0.3, 0.4) is 0 Å². The van der Waals surface area contributed by atoms with Gasteiger partial charge >= 0.3 is 37.7 Å². The maximum Gasteiger partial charge on any atom is 0.471 e. The molecule has 300 valence electrons. The molecule has 5 N–H and O–H groups in total. The van der Waals surface area contributed by atoms with Gasteiger partial charge in [-0.1, -0.05) is 0 Å². The summed E-state index contributed by atoms with van der Waals surface area (Å²) in [4.78, 5) is 48.1. The minimum absolute atomic E-state index is 0.0184. The molecule has 0 saturated heterocycles. The highest BCUT2D eigenvalue weighted by Crippen LogP contribution is 2.51. The largest absolute Gasteiger partial charge is 0.471 e. The number of aliphatic hydroxyl groups excluding tert-OH is 2. The summed E-state index contributed by atoms with van der Waals surface area (Å²) in [5.74, 6) is -6.35. The van der Waals surface area contributed by atoms with Gasteiger partial charge in [-0.2, -0.15) is 26.3 Å². The summed E-state index contributed by atoms with van der Waals surface area (Å²) >= 11 is 0. The Kier molecular flexibility index (Phi) is 17.2. The van der Waals surface area contributed by atoms with Crippen molar-refractivity contribution in [1.29, 1.82) is 0 Å². The quantitative estimate of drug-likeness (QED) is 0.0424. The topological polar surface area (TPSA) is 199 Å². The smallest absolute Gasteiger partial charge is 0.460 e. The summed E-state index contributed by atoms with van der Waals surface area (Å²) in [5, 5.41) is 25.2. The monoisotopic (exact) mass is 791 g/mol. The molecule has 21 heteroatoms. The number of amides is 3. The lowest BCUT2D eigenvalue weighted by Gasteiger charge is -2.27. The Morgan fingerprint density at radius 1 is 0.792 bits per heavy atom. The van der Waals surface area contributed by atoms with E-state index in [1.807, 2.05) is 0 Å². The lowest BCUT2D eigenvalue weighted by Crippen LogP contribution is -2.37. The molecule has 1 heterocycles. The molecule has 0 radical (unpaired) electrons. The van der Waals surface area contributed by atoms with Crippen molar-refractivity contribution in [2.45, 2.75) is 84.4 Å². The Hall–Kier alpha value is -3.71. The number of nitrogens with one attached hydrogen (secondary N) is 3. The van der Waals surface area contributed by atoms with Crippen LogP contribution < -0.4 is 30.7 Å². The number of alkyl halides is 6. The highest BCUT2D eigenvalue weighted by Gasteiger charge is 2.40. The molecule has 1 aromatic rings. The van der Waals surface area contributed by atoms with Crippen LogP contribution in [0.1, 0.15) is 71.3 Å². The third-order valence-electron chi connectivity index (χ3n) is 7.15. The summed E-state index contributed by atoms with van der Waals surface area (Å²) < 4.78 is 112. The van der Waals surface area contributed by atoms with Gasteiger partial charge in [0, 0.05) is 37.9 Å². The van der Waals surface area contributed by atoms with Crippen LogP contribution in [0, 0.1) is 5.41 Å². The van der Waals surface area contributed by atoms with Crippen LogP contribution in [0.25, 0.3) is 6.08 Å². The van der Waals surface area contributed by atoms with Crippen molar-refractivity contribution in [1.82, 2.24) is 16.0 Å². The zero-order chi connectivity index (χ0) is 40.0. The van der Waals surface area contributed by atoms with Gasteiger partial charge in [-0.25, -0.2) is 0 Å². The van der Waals surface area contributed by atoms with Gasteiger partial charge in [0.1, 0.15) is 16.8 Å². The molecule has 0 aromatic heterocycles. The number of carbonyl (C=O) groups excluding carboxylic acids is 4. The van der Waals surface area contributed by atoms with Crippen LogP contribution in [0.15, 0.2) is 17.7 Å². The predicted molar refractivity (Wildman–Crippen MR) is 176 cm³/mol. The van der Waals surface area contributed by atoms with E-state index in [2.05, 4.69) is 5.32 Å². The van der Waals surface area contributed by atoms with E-state index >= 15 is 0 Å². The maximum atomic E-state index is 14.5. The first-order chi connectivity index (χ1) is 24.6. The average molecular weight is 792 g/mol. The zero-order valence-electron chi connectivity index (χ0n) is 29.3. The number of esters is 1. The molecule has 14 nitrogen and oxygen atoms in total. The zero-order valence-corrected chi connectivity index (χ0v) is 30.2. The fraction of sp³-hybridized carbons (Fsp3) is 0.625. The number of unbranched alkanes of at least 4 members (excludes halogenated alkanes) is 4. The summed E-state index contributed by atoms with van der Waals surface area (Å²) in [6, 6.07) is 2.27. The third kappa shape index (κ3) is 14.9. The van der Waals surface area contributed by atoms with Crippen molar-refractivity contribution >= 4 is 42.7 Å². The molecule has 1 unspecified atom stereocenters. The molecule has 0 spiro atoms. The normalized spacial score (nSPS) is 14.8. The van der Waals surface area contributed by atoms with E-state index in [1.165, 1.54) is 26.8 Å². The summed E-state index contributed by atoms with van der Waals surface area (Å²) in [6.45, 7) is 3.06. The number of carbonyl (C=O) groups is 4. The SMILES string of the molecule is CC(C)(C)C(=O)Oc1cc2c(cc1P(=O)(OCCCCNC(=O)C(F)(F)F)OCCCCNC(=O)C(F)(F)F)C=C(C(=O)NCCCCCO)C(O)O2. The van der Waals surface area contributed by atoms with Crippen LogP contribution in [0.2, 0.25) is 0 Å². The van der Waals surface area contributed by atoms with Gasteiger partial charge in [0.15, 0.2) is 0 Å². The lowest BCUT2D eigenvalue weighted by atomic mass is 9.97. The molecule has 0 saturated carbocycles. The van der Waals surface area contributed by atoms with Gasteiger partial charge in [0.25, 0.3) is 5.91 Å². The van der Waals surface area contributed by atoms with Gasteiger partial charge in [-0.15, -0.1) is 0 Å². The summed E-state index contributed by atoms with van der Waals surface area (Å²) in [5.41, 5.74) is -1.30. The molecule has 1 aliphatic heterocycles. The minimum Gasteiger partial charge on any atom is -0.460 e. The van der Waals surface area contributed by atoms with E-state index in [9.17, 15) is 55.2 Å². The van der Waals surface area contributed by atoms with E-state index in [1.54, 1.807) is 10.6 Å². The number of benzene rings is 1. The second kappa shape index (κ2) is 20.1. The van der Waals surface area contributed by atoms with Crippen molar-refractivity contribution in [3.05, 3.63) is 23.3 Å². The Labute approximate surface area is 301 Å². The first kappa shape index (κ1) is 45.4. The maximum absolute atomic E-state index is 14.5. The number of halogens is 6. The third-order valence-corrected chi connectivity index (χ3v) is 9.14. The number of hydrogen-bond donors (Lipinski definition) is 5. The van der Waals surface area contributed by atoms with E-state index in [0.717, 1.165) is 12.1 Å². The summed E-state index contributed by atoms with van der Waals surface area (Å²) in [6.07, 6.45) is -9.32. The fourth-order valence-corrected chi connectivity index (χ4v) is 6.02. The molecule has 0 fully saturated rings. The van der Waals surface area contributed by atoms with Crippen LogP contribution in [0.5, 0.6) is 11.5 Å². The van der Waals surface area contributed by atoms with Gasteiger partial charge in [-0.05, 0) is 77.9 Å². The molecule has 0 bridgehead atoms. The number of aliphatic hydroxyl groups is 2. The first-order valence-electron chi connectivity index (χ1n) is 16.6. The number of rotatable bonds is 20. The van der Waals surface area contributed by atoms with Crippen LogP contribution >= 0.6 is 7.60 Å². The molecule has 1 atom stereocenters. The fourth-order valence-electron chi connectivity index (χ4n) is 4.25. The van der Waals surface area contributed by atoms with E-state index in [0.29, 0.717) is 19.3 Å². The predicted octanol–water partition coefficient (Wildman–Crippen LogP) is 3.78. The number of ether oxygens (including phenoxy) is 2. The van der Waals surface area contributed by atoms with Crippen molar-refractivity contribution in [2.24, 2.45) is 5.41 Å². The van der Waals surface area contributed by atoms with Gasteiger partial charge < -0.3 is 44.7 Å². The van der Waals surface area contributed by atoms with E-state index in [4.69, 9.17) is 23.6 Å². The number of hydrogen-bond acceptors (Lipinski definition) is 11. The number of fused-ring (bicyclic) bond motifs is 1. The van der Waals surface area contributed by atoms with Crippen LogP contribution in [0.4, 0.5) is 26.3 Å². The Bertz CT molecular complexity index is 1470. The second-order valence-electron chi connectivity index (χ2n) is 12.7. The van der Waals surface area contributed by atoms with Crippen LogP contribution in [-0.4, -0.2) is 92.0 Å². The average Bonchev–Trinajstić information content (AvgIpc) is 3.05. The van der Waals surface area contributed by atoms with Crippen molar-refractivity contribution in [2.75, 3.05) is 39.5 Å². The van der Waals surface area contributed by atoms with E-state index < -0.39 is 87.4 Å². The Morgan fingerprint density at radius 3 is 1.79 bits per heavy atom. The molecular weight excluding hydrogens is 747 g/mol. The molecule has 53 heavy (non-hydrogen) atoms. The Morgan fingerprint density at radius 2 is 1.30 bits per heavy atom. The second-order valence-corrected chi connectivity index (χ2v) is 14.7. The van der Waals surface area contributed by atoms with Crippen molar-refractivity contribution in [3.63, 3.8) is 0 Å². The van der Waals surface area contributed by atoms with Gasteiger partial charge in [-0.3, -0.25) is 23.7 Å². The standard InChI is InChI=1S/C32H44F6N3O11P/c1-30(2,3)29(47)52-23-19-22-20(17-21(26(44)51-22)25(43)39-11-5-4-8-14-42)18-24(23)53(48,49-15-9-6-12-40-27(45)31(33,34)35)50-16-10-7-13-41-28(46)32(36,37)38/h17-19,26,42,44H,4-16H2,1-3H3,(H,39,43)(H,40,45)(H,41,46). The summed E-state index contributed by atoms with van der Waals surface area (Å²) in [7, 11) is -4.62. The highest BCUT2D eigenvalue weighted by atomic mass is 31.2. The first-order valence-corrected chi connectivity index (χ1v) is 18.1. The minimum atomic E-state index is -5.10. The highest BCUT2D eigenvalue weighted by molar-refractivity contribution is 7.62. The van der Waals surface area contributed by atoms with Gasteiger partial charge in [0.05, 0.1) is 24.2 Å². The molecule has 1 aromatic carbocycles. The Balaban J connectivity index is 2.43. The van der Waals surface area contributed by atoms with Crippen molar-refractivity contribution in [3.8, 4) is 11.5 Å². The van der Waals surface area contributed by atoms with E-state index in [-0.39, 0.29) is 61.0 Å². The molecule has 1 aliphatic rings.